The summed E-state index contributed by atoms with van der Waals surface area (Å²) in [7, 11) is 1.86. The fourth-order valence-electron chi connectivity index (χ4n) is 1.71. The molecule has 0 radical (unpaired) electrons. The van der Waals surface area contributed by atoms with Gasteiger partial charge in [0.1, 0.15) is 6.04 Å². The topological polar surface area (TPSA) is 67.2 Å². The predicted octanol–water partition coefficient (Wildman–Crippen LogP) is 2.03. The summed E-state index contributed by atoms with van der Waals surface area (Å²) in [5, 5.41) is 14.3. The van der Waals surface area contributed by atoms with Gasteiger partial charge in [-0.25, -0.2) is 4.98 Å². The number of nitrogens with one attached hydrogen (secondary N) is 1. The van der Waals surface area contributed by atoms with Gasteiger partial charge in [-0.3, -0.25) is 10.1 Å². The predicted molar refractivity (Wildman–Crippen MR) is 77.2 cm³/mol. The molecule has 0 aliphatic heterocycles. The maximum Gasteiger partial charge on any atom is 0.321 e. The molecule has 7 heteroatoms. The third-order valence-electron chi connectivity index (χ3n) is 2.64. The third-order valence-corrected chi connectivity index (χ3v) is 4.20. The fourth-order valence-corrected chi connectivity index (χ4v) is 2.92. The van der Waals surface area contributed by atoms with Crippen LogP contribution in [-0.4, -0.2) is 26.7 Å². The normalized spacial score (nSPS) is 12.5. The molecule has 0 amide bonds. The van der Waals surface area contributed by atoms with E-state index in [9.17, 15) is 9.90 Å². The van der Waals surface area contributed by atoms with Gasteiger partial charge >= 0.3 is 5.97 Å². The van der Waals surface area contributed by atoms with Crippen molar-refractivity contribution in [3.63, 3.8) is 0 Å². The Balaban J connectivity index is 1.94. The van der Waals surface area contributed by atoms with Crippen LogP contribution in [0.4, 0.5) is 0 Å². The number of halogens is 1. The number of carboxylic acids is 1. The molecule has 102 valence electrons. The molecular weight excluding hydrogens is 330 g/mol. The summed E-state index contributed by atoms with van der Waals surface area (Å²) in [6.07, 6.45) is 3.88. The van der Waals surface area contributed by atoms with Crippen molar-refractivity contribution in [3.05, 3.63) is 39.0 Å². The Morgan fingerprint density at radius 1 is 1.68 bits per heavy atom. The van der Waals surface area contributed by atoms with Crippen molar-refractivity contribution in [2.45, 2.75) is 19.0 Å². The summed E-state index contributed by atoms with van der Waals surface area (Å²) in [4.78, 5) is 15.4. The minimum absolute atomic E-state index is 0.376. The van der Waals surface area contributed by atoms with E-state index in [1.54, 1.807) is 17.7 Å². The average molecular weight is 344 g/mol. The van der Waals surface area contributed by atoms with Gasteiger partial charge < -0.3 is 9.67 Å². The van der Waals surface area contributed by atoms with Crippen LogP contribution < -0.4 is 5.32 Å². The van der Waals surface area contributed by atoms with E-state index in [0.29, 0.717) is 13.0 Å². The quantitative estimate of drug-likeness (QED) is 0.842. The van der Waals surface area contributed by atoms with Crippen LogP contribution in [0.2, 0.25) is 0 Å². The van der Waals surface area contributed by atoms with Crippen molar-refractivity contribution < 1.29 is 9.90 Å². The van der Waals surface area contributed by atoms with E-state index >= 15 is 0 Å². The maximum absolute atomic E-state index is 11.2. The molecule has 19 heavy (non-hydrogen) atoms. The highest BCUT2D eigenvalue weighted by Gasteiger charge is 2.18. The van der Waals surface area contributed by atoms with E-state index in [-0.39, 0.29) is 0 Å². The van der Waals surface area contributed by atoms with E-state index in [2.05, 4.69) is 26.2 Å². The van der Waals surface area contributed by atoms with E-state index in [1.165, 1.54) is 0 Å². The van der Waals surface area contributed by atoms with Gasteiger partial charge in [0.2, 0.25) is 0 Å². The van der Waals surface area contributed by atoms with E-state index in [4.69, 9.17) is 0 Å². The summed E-state index contributed by atoms with van der Waals surface area (Å²) in [5.74, 6) is -0.861. The van der Waals surface area contributed by atoms with Crippen LogP contribution in [0.3, 0.4) is 0 Å². The molecule has 2 N–H and O–H groups in total. The Morgan fingerprint density at radius 3 is 3.00 bits per heavy atom. The summed E-state index contributed by atoms with van der Waals surface area (Å²) in [6.45, 7) is 0.534. The van der Waals surface area contributed by atoms with Gasteiger partial charge in [0, 0.05) is 26.2 Å². The number of aliphatic carboxylic acids is 1. The zero-order chi connectivity index (χ0) is 13.8. The minimum Gasteiger partial charge on any atom is -0.480 e. The van der Waals surface area contributed by atoms with Crippen molar-refractivity contribution in [1.82, 2.24) is 14.9 Å². The second-order valence-electron chi connectivity index (χ2n) is 4.27. The SMILES string of the molecule is Cn1cnc(C[C@@H](NCc2csc(Br)c2)C(=O)O)c1. The molecule has 0 spiro atoms. The van der Waals surface area contributed by atoms with Gasteiger partial charge in [-0.15, -0.1) is 11.3 Å². The first-order valence-corrected chi connectivity index (χ1v) is 7.38. The lowest BCUT2D eigenvalue weighted by molar-refractivity contribution is -0.139. The molecule has 2 heterocycles. The highest BCUT2D eigenvalue weighted by atomic mass is 79.9. The molecule has 5 nitrogen and oxygen atoms in total. The van der Waals surface area contributed by atoms with Crippen LogP contribution in [0.5, 0.6) is 0 Å². The first-order chi connectivity index (χ1) is 9.04. The van der Waals surface area contributed by atoms with Gasteiger partial charge in [0.25, 0.3) is 0 Å². The highest BCUT2D eigenvalue weighted by Crippen LogP contribution is 2.20. The molecule has 2 rings (SSSR count). The van der Waals surface area contributed by atoms with Crippen LogP contribution in [-0.2, 0) is 24.8 Å². The van der Waals surface area contributed by atoms with Gasteiger partial charge in [0.15, 0.2) is 0 Å². The molecule has 0 aliphatic carbocycles. The number of carbonyl (C=O) groups is 1. The number of imidazole rings is 1. The zero-order valence-corrected chi connectivity index (χ0v) is 12.7. The Kier molecular flexibility index (Phi) is 4.73. The van der Waals surface area contributed by atoms with Gasteiger partial charge in [-0.1, -0.05) is 0 Å². The second kappa shape index (κ2) is 6.31. The molecule has 0 saturated carbocycles. The number of thiophene rings is 1. The molecule has 2 aromatic heterocycles. The lowest BCUT2D eigenvalue weighted by atomic mass is 10.1. The van der Waals surface area contributed by atoms with Gasteiger partial charge in [0.05, 0.1) is 15.8 Å². The Hall–Kier alpha value is -1.18. The average Bonchev–Trinajstić information content (AvgIpc) is 2.93. The molecule has 0 unspecified atom stereocenters. The molecular formula is C12H14BrN3O2S. The zero-order valence-electron chi connectivity index (χ0n) is 10.3. The monoisotopic (exact) mass is 343 g/mol. The first-order valence-electron chi connectivity index (χ1n) is 5.70. The number of rotatable bonds is 6. The van der Waals surface area contributed by atoms with E-state index in [0.717, 1.165) is 15.0 Å². The molecule has 0 aliphatic rings. The van der Waals surface area contributed by atoms with E-state index < -0.39 is 12.0 Å². The number of aromatic nitrogens is 2. The molecule has 0 aromatic carbocycles. The smallest absolute Gasteiger partial charge is 0.321 e. The minimum atomic E-state index is -0.861. The Bertz CT molecular complexity index is 567. The summed E-state index contributed by atoms with van der Waals surface area (Å²) < 4.78 is 2.85. The molecule has 0 fully saturated rings. The summed E-state index contributed by atoms with van der Waals surface area (Å²) in [5.41, 5.74) is 1.85. The number of hydrogen-bond acceptors (Lipinski definition) is 4. The van der Waals surface area contributed by atoms with Crippen LogP contribution in [0.1, 0.15) is 11.3 Å². The molecule has 1 atom stereocenters. The number of aryl methyl sites for hydroxylation is 1. The summed E-state index contributed by atoms with van der Waals surface area (Å²) >= 11 is 4.97. The van der Waals surface area contributed by atoms with Crippen molar-refractivity contribution in [3.8, 4) is 0 Å². The van der Waals surface area contributed by atoms with Crippen molar-refractivity contribution in [2.24, 2.45) is 7.05 Å². The van der Waals surface area contributed by atoms with Crippen LogP contribution in [0.15, 0.2) is 27.8 Å². The number of carboxylic acid groups (broad SMARTS) is 1. The molecule has 0 saturated heterocycles. The fraction of sp³-hybridized carbons (Fsp3) is 0.333. The van der Waals surface area contributed by atoms with Crippen LogP contribution in [0.25, 0.3) is 0 Å². The number of hydrogen-bond donors (Lipinski definition) is 2. The van der Waals surface area contributed by atoms with Crippen LogP contribution >= 0.6 is 27.3 Å². The van der Waals surface area contributed by atoms with Crippen molar-refractivity contribution in [2.75, 3.05) is 0 Å². The largest absolute Gasteiger partial charge is 0.480 e. The summed E-state index contributed by atoms with van der Waals surface area (Å²) in [6, 6.07) is 1.35. The molecule has 0 bridgehead atoms. The lowest BCUT2D eigenvalue weighted by Crippen LogP contribution is -2.38. The van der Waals surface area contributed by atoms with Crippen LogP contribution in [0, 0.1) is 0 Å². The van der Waals surface area contributed by atoms with Gasteiger partial charge in [-0.2, -0.15) is 0 Å². The van der Waals surface area contributed by atoms with E-state index in [1.807, 2.05) is 29.3 Å². The standard InChI is InChI=1S/C12H14BrN3O2S/c1-16-5-9(15-7-16)3-10(12(17)18)14-4-8-2-11(13)19-6-8/h2,5-7,10,14H,3-4H2,1H3,(H,17,18)/t10-/m1/s1. The first kappa shape index (κ1) is 14.2. The second-order valence-corrected chi connectivity index (χ2v) is 6.56. The number of nitrogens with zero attached hydrogens (tertiary/aromatic N) is 2. The Labute approximate surface area is 123 Å². The highest BCUT2D eigenvalue weighted by molar-refractivity contribution is 9.11. The Morgan fingerprint density at radius 2 is 2.47 bits per heavy atom. The maximum atomic E-state index is 11.2. The van der Waals surface area contributed by atoms with Gasteiger partial charge in [-0.05, 0) is 32.9 Å². The lowest BCUT2D eigenvalue weighted by Gasteiger charge is -2.12. The van der Waals surface area contributed by atoms with Crippen molar-refractivity contribution in [1.29, 1.82) is 0 Å². The van der Waals surface area contributed by atoms with Crippen molar-refractivity contribution >= 4 is 33.2 Å². The molecule has 2 aromatic rings. The third kappa shape index (κ3) is 4.15.